The average molecular weight is 326 g/mol. The van der Waals surface area contributed by atoms with Crippen molar-refractivity contribution in [1.82, 2.24) is 25.5 Å². The molecule has 7 nitrogen and oxygen atoms in total. The molecule has 3 N–H and O–H groups in total. The third-order valence-corrected chi connectivity index (χ3v) is 5.42. The summed E-state index contributed by atoms with van der Waals surface area (Å²) in [6.45, 7) is 0. The molecule has 0 radical (unpaired) electrons. The van der Waals surface area contributed by atoms with Gasteiger partial charge in [-0.3, -0.25) is 4.79 Å². The smallest absolute Gasteiger partial charge is 0.251 e. The molecule has 0 spiro atoms. The van der Waals surface area contributed by atoms with Crippen LogP contribution in [-0.2, 0) is 0 Å². The Kier molecular flexibility index (Phi) is 4.02. The van der Waals surface area contributed by atoms with Gasteiger partial charge in [0.25, 0.3) is 5.91 Å². The monoisotopic (exact) mass is 326 g/mol. The topological polar surface area (TPSA) is 98.7 Å². The van der Waals surface area contributed by atoms with Gasteiger partial charge in [-0.1, -0.05) is 6.42 Å². The van der Waals surface area contributed by atoms with Gasteiger partial charge in [0, 0.05) is 17.6 Å². The van der Waals surface area contributed by atoms with E-state index < -0.39 is 0 Å². The van der Waals surface area contributed by atoms with Crippen molar-refractivity contribution in [2.75, 3.05) is 0 Å². The van der Waals surface area contributed by atoms with E-state index in [0.29, 0.717) is 23.4 Å². The van der Waals surface area contributed by atoms with E-state index in [1.807, 2.05) is 24.3 Å². The van der Waals surface area contributed by atoms with Crippen LogP contribution < -0.4 is 11.1 Å². The fourth-order valence-electron chi connectivity index (χ4n) is 4.30. The van der Waals surface area contributed by atoms with Crippen LogP contribution in [0.25, 0.3) is 5.69 Å². The SMILES string of the molecule is NC1CC2CCCC(C1)C2NC(=O)c1ccc(-n2cnnn2)cc1. The summed E-state index contributed by atoms with van der Waals surface area (Å²) in [6, 6.07) is 7.90. The Morgan fingerprint density at radius 1 is 1.17 bits per heavy atom. The molecule has 1 aromatic carbocycles. The second kappa shape index (κ2) is 6.32. The number of fused-ring (bicyclic) bond motifs is 2. The molecule has 2 unspecified atom stereocenters. The van der Waals surface area contributed by atoms with E-state index in [-0.39, 0.29) is 11.9 Å². The van der Waals surface area contributed by atoms with Crippen LogP contribution in [0.5, 0.6) is 0 Å². The van der Waals surface area contributed by atoms with Crippen LogP contribution in [-0.4, -0.2) is 38.2 Å². The van der Waals surface area contributed by atoms with Crippen molar-refractivity contribution < 1.29 is 4.79 Å². The minimum atomic E-state index is -0.00404. The number of benzene rings is 1. The number of nitrogens with two attached hydrogens (primary N) is 1. The second-order valence-corrected chi connectivity index (χ2v) is 6.98. The molecule has 1 amide bonds. The minimum Gasteiger partial charge on any atom is -0.349 e. The number of nitrogens with zero attached hydrogens (tertiary/aromatic N) is 4. The van der Waals surface area contributed by atoms with Crippen LogP contribution in [0.3, 0.4) is 0 Å². The van der Waals surface area contributed by atoms with Crippen molar-refractivity contribution in [3.05, 3.63) is 36.2 Å². The molecule has 2 aromatic rings. The van der Waals surface area contributed by atoms with Crippen molar-refractivity contribution in [3.8, 4) is 5.69 Å². The lowest BCUT2D eigenvalue weighted by atomic mass is 9.67. The van der Waals surface area contributed by atoms with Crippen LogP contribution in [0.4, 0.5) is 0 Å². The predicted molar refractivity (Wildman–Crippen MR) is 88.4 cm³/mol. The zero-order chi connectivity index (χ0) is 16.5. The van der Waals surface area contributed by atoms with Crippen molar-refractivity contribution in [3.63, 3.8) is 0 Å². The number of amides is 1. The predicted octanol–water partition coefficient (Wildman–Crippen LogP) is 1.30. The van der Waals surface area contributed by atoms with Crippen molar-refractivity contribution in [1.29, 1.82) is 0 Å². The Morgan fingerprint density at radius 2 is 1.88 bits per heavy atom. The van der Waals surface area contributed by atoms with Gasteiger partial charge < -0.3 is 11.1 Å². The molecule has 24 heavy (non-hydrogen) atoms. The van der Waals surface area contributed by atoms with Gasteiger partial charge in [0.1, 0.15) is 6.33 Å². The summed E-state index contributed by atoms with van der Waals surface area (Å²) in [5, 5.41) is 14.3. The van der Waals surface area contributed by atoms with Gasteiger partial charge >= 0.3 is 0 Å². The summed E-state index contributed by atoms with van der Waals surface area (Å²) in [5.74, 6) is 1.05. The number of tetrazole rings is 1. The van der Waals surface area contributed by atoms with E-state index in [1.165, 1.54) is 25.6 Å². The Hall–Kier alpha value is -2.28. The number of carbonyl (C=O) groups excluding carboxylic acids is 1. The van der Waals surface area contributed by atoms with Crippen molar-refractivity contribution >= 4 is 5.91 Å². The van der Waals surface area contributed by atoms with Crippen molar-refractivity contribution in [2.45, 2.75) is 44.2 Å². The molecule has 2 saturated carbocycles. The third-order valence-electron chi connectivity index (χ3n) is 5.42. The molecule has 0 aliphatic heterocycles. The summed E-state index contributed by atoms with van der Waals surface area (Å²) in [5.41, 5.74) is 7.66. The van der Waals surface area contributed by atoms with Crippen LogP contribution in [0, 0.1) is 11.8 Å². The zero-order valence-corrected chi connectivity index (χ0v) is 13.5. The first-order valence-corrected chi connectivity index (χ1v) is 8.60. The van der Waals surface area contributed by atoms with E-state index in [9.17, 15) is 4.79 Å². The number of carbonyl (C=O) groups is 1. The molecule has 2 atom stereocenters. The normalized spacial score (nSPS) is 29.2. The summed E-state index contributed by atoms with van der Waals surface area (Å²) < 4.78 is 1.56. The Balaban J connectivity index is 1.46. The first kappa shape index (κ1) is 15.3. The van der Waals surface area contributed by atoms with E-state index in [1.54, 1.807) is 4.68 Å². The van der Waals surface area contributed by atoms with E-state index in [2.05, 4.69) is 20.8 Å². The van der Waals surface area contributed by atoms with Gasteiger partial charge in [0.15, 0.2) is 0 Å². The highest BCUT2D eigenvalue weighted by Gasteiger charge is 2.39. The first-order valence-electron chi connectivity index (χ1n) is 8.60. The maximum Gasteiger partial charge on any atom is 0.251 e. The molecule has 4 rings (SSSR count). The Morgan fingerprint density at radius 3 is 2.50 bits per heavy atom. The lowest BCUT2D eigenvalue weighted by Gasteiger charge is -2.45. The van der Waals surface area contributed by atoms with Crippen LogP contribution in [0.1, 0.15) is 42.5 Å². The number of hydrogen-bond acceptors (Lipinski definition) is 5. The summed E-state index contributed by atoms with van der Waals surface area (Å²) in [4.78, 5) is 12.6. The van der Waals surface area contributed by atoms with E-state index in [0.717, 1.165) is 18.5 Å². The highest BCUT2D eigenvalue weighted by Crippen LogP contribution is 2.39. The fraction of sp³-hybridized carbons (Fsp3) is 0.529. The molecule has 1 aromatic heterocycles. The third kappa shape index (κ3) is 2.91. The fourth-order valence-corrected chi connectivity index (χ4v) is 4.30. The second-order valence-electron chi connectivity index (χ2n) is 6.98. The summed E-state index contributed by atoms with van der Waals surface area (Å²) in [6.07, 6.45) is 7.19. The minimum absolute atomic E-state index is 0.00404. The average Bonchev–Trinajstić information content (AvgIpc) is 3.10. The summed E-state index contributed by atoms with van der Waals surface area (Å²) >= 11 is 0. The molecular weight excluding hydrogens is 304 g/mol. The van der Waals surface area contributed by atoms with Crippen LogP contribution in [0.15, 0.2) is 30.6 Å². The van der Waals surface area contributed by atoms with Crippen LogP contribution in [0.2, 0.25) is 0 Å². The molecule has 1 heterocycles. The quantitative estimate of drug-likeness (QED) is 0.886. The molecule has 7 heteroatoms. The lowest BCUT2D eigenvalue weighted by Crippen LogP contribution is -2.53. The maximum atomic E-state index is 12.6. The van der Waals surface area contributed by atoms with Gasteiger partial charge in [-0.15, -0.1) is 5.10 Å². The number of hydrogen-bond donors (Lipinski definition) is 2. The Bertz CT molecular complexity index is 684. The van der Waals surface area contributed by atoms with E-state index in [4.69, 9.17) is 5.73 Å². The summed E-state index contributed by atoms with van der Waals surface area (Å²) in [7, 11) is 0. The molecule has 126 valence electrons. The number of rotatable bonds is 3. The molecular formula is C17H22N6O. The molecule has 0 saturated heterocycles. The highest BCUT2D eigenvalue weighted by molar-refractivity contribution is 5.94. The van der Waals surface area contributed by atoms with Crippen LogP contribution >= 0.6 is 0 Å². The molecule has 2 bridgehead atoms. The number of aromatic nitrogens is 4. The van der Waals surface area contributed by atoms with E-state index >= 15 is 0 Å². The van der Waals surface area contributed by atoms with Gasteiger partial charge in [-0.2, -0.15) is 0 Å². The lowest BCUT2D eigenvalue weighted by molar-refractivity contribution is 0.0756. The number of nitrogens with one attached hydrogen (secondary N) is 1. The maximum absolute atomic E-state index is 12.6. The van der Waals surface area contributed by atoms with Gasteiger partial charge in [0.2, 0.25) is 0 Å². The highest BCUT2D eigenvalue weighted by atomic mass is 16.1. The van der Waals surface area contributed by atoms with Gasteiger partial charge in [-0.05, 0) is 72.2 Å². The first-order chi connectivity index (χ1) is 11.7. The van der Waals surface area contributed by atoms with Gasteiger partial charge in [-0.25, -0.2) is 4.68 Å². The largest absolute Gasteiger partial charge is 0.349 e. The standard InChI is InChI=1S/C17H22N6O/c18-14-8-12-2-1-3-13(9-14)16(12)20-17(24)11-4-6-15(7-5-11)23-10-19-21-22-23/h4-7,10,12-14,16H,1-3,8-9,18H2,(H,20,24). The zero-order valence-electron chi connectivity index (χ0n) is 13.5. The Labute approximate surface area is 140 Å². The van der Waals surface area contributed by atoms with Crippen molar-refractivity contribution in [2.24, 2.45) is 17.6 Å². The molecule has 2 aliphatic carbocycles. The molecule has 2 fully saturated rings. The van der Waals surface area contributed by atoms with Gasteiger partial charge in [0.05, 0.1) is 5.69 Å². The molecule has 2 aliphatic rings.